The molecule has 1 aromatic heterocycles. The lowest BCUT2D eigenvalue weighted by Crippen LogP contribution is -2.43. The van der Waals surface area contributed by atoms with Crippen LogP contribution in [0.15, 0.2) is 6.07 Å². The van der Waals surface area contributed by atoms with E-state index in [9.17, 15) is 20.1 Å². The van der Waals surface area contributed by atoms with Crippen LogP contribution in [0, 0.1) is 13.8 Å². The Morgan fingerprint density at radius 2 is 1.94 bits per heavy atom. The highest BCUT2D eigenvalue weighted by atomic mass is 16.4. The van der Waals surface area contributed by atoms with Gasteiger partial charge in [0.2, 0.25) is 0 Å². The van der Waals surface area contributed by atoms with Crippen molar-refractivity contribution in [3.05, 3.63) is 23.0 Å². The molecular weight excluding hydrogens is 236 g/mol. The van der Waals surface area contributed by atoms with E-state index < -0.39 is 11.5 Å². The van der Waals surface area contributed by atoms with E-state index in [0.717, 1.165) is 0 Å². The van der Waals surface area contributed by atoms with Crippen LogP contribution in [0.3, 0.4) is 0 Å². The predicted octanol–water partition coefficient (Wildman–Crippen LogP) is 0.552. The molecule has 1 heterocycles. The van der Waals surface area contributed by atoms with Gasteiger partial charge in [-0.05, 0) is 26.8 Å². The zero-order chi connectivity index (χ0) is 13.9. The number of anilines is 1. The van der Waals surface area contributed by atoms with Crippen molar-refractivity contribution in [1.29, 1.82) is 0 Å². The Kier molecular flexibility index (Phi) is 4.26. The summed E-state index contributed by atoms with van der Waals surface area (Å²) >= 11 is 0. The summed E-state index contributed by atoms with van der Waals surface area (Å²) in [7, 11) is 0. The molecule has 0 bridgehead atoms. The molecule has 0 aromatic carbocycles. The van der Waals surface area contributed by atoms with Crippen molar-refractivity contribution in [3.63, 3.8) is 0 Å². The van der Waals surface area contributed by atoms with Crippen molar-refractivity contribution in [1.82, 2.24) is 4.98 Å². The first-order valence-corrected chi connectivity index (χ1v) is 5.54. The van der Waals surface area contributed by atoms with Gasteiger partial charge in [-0.15, -0.1) is 0 Å². The summed E-state index contributed by atoms with van der Waals surface area (Å²) in [5.41, 5.74) is 0.470. The first kappa shape index (κ1) is 14.4. The lowest BCUT2D eigenvalue weighted by atomic mass is 10.0. The summed E-state index contributed by atoms with van der Waals surface area (Å²) < 4.78 is 0. The second-order valence-corrected chi connectivity index (χ2v) is 4.58. The van der Waals surface area contributed by atoms with Crippen molar-refractivity contribution in [3.8, 4) is 0 Å². The standard InChI is InChI=1S/C12H18N2O4/c1-7-4-9(14-12(3,5-15)6-16)10(11(17)18)8(2)13-7/h4,15-16H,5-6H2,1-3H3,(H,13,14)(H,17,18). The normalized spacial score (nSPS) is 11.4. The molecule has 0 amide bonds. The molecule has 0 atom stereocenters. The van der Waals surface area contributed by atoms with Crippen LogP contribution in [-0.4, -0.2) is 45.0 Å². The Morgan fingerprint density at radius 1 is 1.39 bits per heavy atom. The molecule has 0 aliphatic heterocycles. The molecule has 1 aromatic rings. The number of hydrogen-bond acceptors (Lipinski definition) is 5. The predicted molar refractivity (Wildman–Crippen MR) is 66.9 cm³/mol. The Balaban J connectivity index is 3.27. The van der Waals surface area contributed by atoms with Gasteiger partial charge in [-0.25, -0.2) is 4.79 Å². The third-order valence-electron chi connectivity index (χ3n) is 2.68. The monoisotopic (exact) mass is 254 g/mol. The first-order chi connectivity index (χ1) is 8.33. The Labute approximate surface area is 105 Å². The summed E-state index contributed by atoms with van der Waals surface area (Å²) in [4.78, 5) is 15.3. The highest BCUT2D eigenvalue weighted by Crippen LogP contribution is 2.23. The third-order valence-corrected chi connectivity index (χ3v) is 2.68. The number of nitrogens with one attached hydrogen (secondary N) is 1. The number of rotatable bonds is 5. The van der Waals surface area contributed by atoms with E-state index in [2.05, 4.69) is 10.3 Å². The highest BCUT2D eigenvalue weighted by Gasteiger charge is 2.25. The molecule has 6 heteroatoms. The zero-order valence-electron chi connectivity index (χ0n) is 10.7. The van der Waals surface area contributed by atoms with Gasteiger partial charge < -0.3 is 20.6 Å². The SMILES string of the molecule is Cc1cc(NC(C)(CO)CO)c(C(=O)O)c(C)n1. The maximum atomic E-state index is 11.2. The largest absolute Gasteiger partial charge is 0.478 e. The number of pyridine rings is 1. The van der Waals surface area contributed by atoms with Gasteiger partial charge in [0.1, 0.15) is 5.56 Å². The molecule has 1 rings (SSSR count). The summed E-state index contributed by atoms with van der Waals surface area (Å²) in [5.74, 6) is -1.10. The van der Waals surface area contributed by atoms with E-state index in [4.69, 9.17) is 0 Å². The van der Waals surface area contributed by atoms with Gasteiger partial charge >= 0.3 is 5.97 Å². The van der Waals surface area contributed by atoms with Gasteiger partial charge in [-0.3, -0.25) is 4.98 Å². The lowest BCUT2D eigenvalue weighted by molar-refractivity contribution is 0.0696. The van der Waals surface area contributed by atoms with Gasteiger partial charge in [0.15, 0.2) is 0 Å². The maximum absolute atomic E-state index is 11.2. The molecule has 0 aliphatic rings. The average Bonchev–Trinajstić information content (AvgIpc) is 2.27. The second kappa shape index (κ2) is 5.32. The number of carbonyl (C=O) groups is 1. The van der Waals surface area contributed by atoms with E-state index >= 15 is 0 Å². The number of aromatic carboxylic acids is 1. The molecule has 0 radical (unpaired) electrons. The van der Waals surface area contributed by atoms with Crippen LogP contribution in [-0.2, 0) is 0 Å². The van der Waals surface area contributed by atoms with E-state index in [1.807, 2.05) is 0 Å². The van der Waals surface area contributed by atoms with Gasteiger partial charge in [-0.1, -0.05) is 0 Å². The van der Waals surface area contributed by atoms with Crippen molar-refractivity contribution >= 4 is 11.7 Å². The smallest absolute Gasteiger partial charge is 0.339 e. The summed E-state index contributed by atoms with van der Waals surface area (Å²) in [6.45, 7) is 4.32. The van der Waals surface area contributed by atoms with Crippen LogP contribution < -0.4 is 5.32 Å². The number of aromatic nitrogens is 1. The molecule has 0 aliphatic carbocycles. The molecule has 100 valence electrons. The lowest BCUT2D eigenvalue weighted by Gasteiger charge is -2.28. The molecule has 0 saturated carbocycles. The van der Waals surface area contributed by atoms with E-state index in [-0.39, 0.29) is 18.8 Å². The highest BCUT2D eigenvalue weighted by molar-refractivity contribution is 5.95. The molecule has 0 unspecified atom stereocenters. The quantitative estimate of drug-likeness (QED) is 0.612. The molecular formula is C12H18N2O4. The number of nitrogens with zero attached hydrogens (tertiary/aromatic N) is 1. The van der Waals surface area contributed by atoms with Crippen molar-refractivity contribution in [2.24, 2.45) is 0 Å². The molecule has 6 nitrogen and oxygen atoms in total. The number of aliphatic hydroxyl groups excluding tert-OH is 2. The summed E-state index contributed by atoms with van der Waals surface area (Å²) in [5, 5.41) is 30.5. The number of hydrogen-bond donors (Lipinski definition) is 4. The number of carboxylic acid groups (broad SMARTS) is 1. The number of aliphatic hydroxyl groups is 2. The molecule has 18 heavy (non-hydrogen) atoms. The topological polar surface area (TPSA) is 103 Å². The molecule has 4 N–H and O–H groups in total. The Hall–Kier alpha value is -1.66. The Morgan fingerprint density at radius 3 is 2.39 bits per heavy atom. The summed E-state index contributed by atoms with van der Waals surface area (Å²) in [6, 6.07) is 1.58. The van der Waals surface area contributed by atoms with Gasteiger partial charge in [0.05, 0.1) is 30.1 Å². The van der Waals surface area contributed by atoms with Crippen molar-refractivity contribution in [2.45, 2.75) is 26.3 Å². The second-order valence-electron chi connectivity index (χ2n) is 4.58. The van der Waals surface area contributed by atoms with Gasteiger partial charge in [0.25, 0.3) is 0 Å². The van der Waals surface area contributed by atoms with Crippen LogP contribution in [0.1, 0.15) is 28.7 Å². The molecule has 0 saturated heterocycles. The number of aryl methyl sites for hydroxylation is 2. The van der Waals surface area contributed by atoms with Crippen LogP contribution in [0.5, 0.6) is 0 Å². The minimum Gasteiger partial charge on any atom is -0.478 e. The van der Waals surface area contributed by atoms with E-state index in [1.54, 1.807) is 26.8 Å². The van der Waals surface area contributed by atoms with Crippen LogP contribution in [0.2, 0.25) is 0 Å². The third kappa shape index (κ3) is 2.96. The fourth-order valence-corrected chi connectivity index (χ4v) is 1.65. The van der Waals surface area contributed by atoms with Crippen LogP contribution in [0.25, 0.3) is 0 Å². The van der Waals surface area contributed by atoms with Crippen molar-refractivity contribution in [2.75, 3.05) is 18.5 Å². The van der Waals surface area contributed by atoms with Gasteiger partial charge in [0, 0.05) is 5.69 Å². The van der Waals surface area contributed by atoms with E-state index in [1.165, 1.54) is 0 Å². The molecule has 0 fully saturated rings. The van der Waals surface area contributed by atoms with E-state index in [0.29, 0.717) is 17.1 Å². The average molecular weight is 254 g/mol. The fourth-order valence-electron chi connectivity index (χ4n) is 1.65. The molecule has 0 spiro atoms. The van der Waals surface area contributed by atoms with Crippen molar-refractivity contribution < 1.29 is 20.1 Å². The van der Waals surface area contributed by atoms with Crippen LogP contribution in [0.4, 0.5) is 5.69 Å². The maximum Gasteiger partial charge on any atom is 0.339 e. The zero-order valence-corrected chi connectivity index (χ0v) is 10.7. The fraction of sp³-hybridized carbons (Fsp3) is 0.500. The summed E-state index contributed by atoms with van der Waals surface area (Å²) in [6.07, 6.45) is 0. The Bertz CT molecular complexity index is 456. The van der Waals surface area contributed by atoms with Gasteiger partial charge in [-0.2, -0.15) is 0 Å². The first-order valence-electron chi connectivity index (χ1n) is 5.54. The van der Waals surface area contributed by atoms with Crippen LogP contribution >= 0.6 is 0 Å². The minimum absolute atomic E-state index is 0.0497. The number of carboxylic acids is 1. The minimum atomic E-state index is -1.10.